The average Bonchev–Trinajstić information content (AvgIpc) is 2.98. The summed E-state index contributed by atoms with van der Waals surface area (Å²) in [6, 6.07) is 10.8. The summed E-state index contributed by atoms with van der Waals surface area (Å²) in [5.41, 5.74) is 3.69. The monoisotopic (exact) mass is 430 g/mol. The van der Waals surface area contributed by atoms with Crippen LogP contribution in [0.1, 0.15) is 21.6 Å². The predicted molar refractivity (Wildman–Crippen MR) is 111 cm³/mol. The van der Waals surface area contributed by atoms with E-state index in [4.69, 9.17) is 4.74 Å². The van der Waals surface area contributed by atoms with Crippen LogP contribution in [-0.4, -0.2) is 30.6 Å². The van der Waals surface area contributed by atoms with Gasteiger partial charge in [0.05, 0.1) is 12.2 Å². The van der Waals surface area contributed by atoms with Gasteiger partial charge in [-0.1, -0.05) is 41.6 Å². The van der Waals surface area contributed by atoms with Gasteiger partial charge in [-0.3, -0.25) is 4.98 Å². The molecule has 0 amide bonds. The molecule has 0 radical (unpaired) electrons. The van der Waals surface area contributed by atoms with Crippen molar-refractivity contribution in [1.29, 1.82) is 0 Å². The van der Waals surface area contributed by atoms with Gasteiger partial charge in [0, 0.05) is 48.0 Å². The van der Waals surface area contributed by atoms with Gasteiger partial charge in [0.15, 0.2) is 0 Å². The second-order valence-corrected chi connectivity index (χ2v) is 14.1. The minimum Gasteiger partial charge on any atom is -0.462 e. The fourth-order valence-corrected chi connectivity index (χ4v) is 4.06. The number of aromatic nitrogens is 2. The average molecular weight is 431 g/mol. The van der Waals surface area contributed by atoms with E-state index in [1.54, 1.807) is 12.3 Å². The number of nitrogens with one attached hydrogen (secondary N) is 1. The number of hydrogen-bond donors (Lipinski definition) is 1. The molecular weight excluding hydrogens is 408 g/mol. The molecule has 1 N–H and O–H groups in total. The highest BCUT2D eigenvalue weighted by atomic mass is 79.9. The van der Waals surface area contributed by atoms with E-state index < -0.39 is 8.07 Å². The summed E-state index contributed by atoms with van der Waals surface area (Å²) in [5, 5.41) is 1.17. The van der Waals surface area contributed by atoms with E-state index in [1.807, 2.05) is 24.4 Å². The van der Waals surface area contributed by atoms with Gasteiger partial charge in [-0.25, -0.2) is 4.79 Å². The number of nitrogens with zero attached hydrogens (tertiary/aromatic N) is 1. The lowest BCUT2D eigenvalue weighted by Crippen LogP contribution is -2.22. The quantitative estimate of drug-likeness (QED) is 0.419. The fraction of sp³-hybridized carbons (Fsp3) is 0.300. The first-order valence-electron chi connectivity index (χ1n) is 8.70. The third-order valence-electron chi connectivity index (χ3n) is 4.25. The number of ether oxygens (including phenoxy) is 1. The minimum atomic E-state index is -1.20. The van der Waals surface area contributed by atoms with Gasteiger partial charge >= 0.3 is 5.97 Å². The Morgan fingerprint density at radius 2 is 2.04 bits per heavy atom. The maximum atomic E-state index is 12.1. The number of benzene rings is 1. The molecule has 2 aromatic heterocycles. The molecule has 0 aliphatic carbocycles. The van der Waals surface area contributed by atoms with Gasteiger partial charge in [-0.2, -0.15) is 0 Å². The van der Waals surface area contributed by atoms with Crippen molar-refractivity contribution in [3.05, 3.63) is 64.0 Å². The largest absolute Gasteiger partial charge is 0.462 e. The van der Waals surface area contributed by atoms with Crippen molar-refractivity contribution in [3.63, 3.8) is 0 Å². The Balaban J connectivity index is 1.67. The Morgan fingerprint density at radius 3 is 2.73 bits per heavy atom. The number of H-pyrrole nitrogens is 1. The second-order valence-electron chi connectivity index (χ2n) is 7.64. The lowest BCUT2D eigenvalue weighted by molar-refractivity contribution is 0.0524. The molecule has 26 heavy (non-hydrogen) atoms. The zero-order chi connectivity index (χ0) is 18.7. The van der Waals surface area contributed by atoms with Crippen LogP contribution in [0, 0.1) is 0 Å². The number of aromatic amines is 1. The van der Waals surface area contributed by atoms with Crippen molar-refractivity contribution in [3.8, 4) is 0 Å². The van der Waals surface area contributed by atoms with Crippen LogP contribution < -0.4 is 0 Å². The van der Waals surface area contributed by atoms with Crippen LogP contribution in [-0.2, 0) is 11.2 Å². The Kier molecular flexibility index (Phi) is 5.63. The summed E-state index contributed by atoms with van der Waals surface area (Å²) < 4.78 is 6.43. The molecule has 0 fully saturated rings. The molecule has 0 atom stereocenters. The molecule has 3 rings (SSSR count). The molecule has 0 aliphatic rings. The van der Waals surface area contributed by atoms with Gasteiger partial charge in [0.2, 0.25) is 0 Å². The highest BCUT2D eigenvalue weighted by Gasteiger charge is 2.15. The van der Waals surface area contributed by atoms with Crippen LogP contribution in [0.15, 0.2) is 47.2 Å². The number of fused-ring (bicyclic) bond motifs is 1. The normalized spacial score (nSPS) is 11.7. The Morgan fingerprint density at radius 1 is 1.23 bits per heavy atom. The molecule has 2 heterocycles. The van der Waals surface area contributed by atoms with Crippen LogP contribution in [0.4, 0.5) is 0 Å². The first-order valence-corrected chi connectivity index (χ1v) is 13.2. The third-order valence-corrected chi connectivity index (χ3v) is 6.62. The Hall–Kier alpha value is -1.92. The van der Waals surface area contributed by atoms with Gasteiger partial charge in [0.1, 0.15) is 0 Å². The lowest BCUT2D eigenvalue weighted by atomic mass is 10.1. The van der Waals surface area contributed by atoms with Crippen molar-refractivity contribution in [2.24, 2.45) is 0 Å². The summed E-state index contributed by atoms with van der Waals surface area (Å²) in [4.78, 5) is 19.9. The zero-order valence-corrected chi connectivity index (χ0v) is 17.9. The summed E-state index contributed by atoms with van der Waals surface area (Å²) in [7, 11) is -1.20. The van der Waals surface area contributed by atoms with E-state index in [2.05, 4.69) is 51.6 Å². The maximum Gasteiger partial charge on any atom is 0.339 e. The van der Waals surface area contributed by atoms with Gasteiger partial charge in [-0.05, 0) is 35.9 Å². The molecule has 1 aromatic carbocycles. The number of carbonyl (C=O) groups excluding carboxylic acids is 1. The van der Waals surface area contributed by atoms with Crippen molar-refractivity contribution < 1.29 is 9.53 Å². The Labute approximate surface area is 163 Å². The third kappa shape index (κ3) is 4.62. The van der Waals surface area contributed by atoms with Crippen LogP contribution in [0.2, 0.25) is 25.7 Å². The molecule has 0 bridgehead atoms. The first-order chi connectivity index (χ1) is 12.3. The molecule has 6 heteroatoms. The van der Waals surface area contributed by atoms with E-state index in [1.165, 1.54) is 10.9 Å². The fourth-order valence-electron chi connectivity index (χ4n) is 2.73. The summed E-state index contributed by atoms with van der Waals surface area (Å²) in [5.74, 6) is -0.294. The number of rotatable bonds is 6. The second kappa shape index (κ2) is 7.76. The molecule has 0 aliphatic heterocycles. The van der Waals surface area contributed by atoms with E-state index in [0.29, 0.717) is 18.6 Å². The van der Waals surface area contributed by atoms with E-state index >= 15 is 0 Å². The highest BCUT2D eigenvalue weighted by molar-refractivity contribution is 9.10. The van der Waals surface area contributed by atoms with Crippen molar-refractivity contribution in [2.45, 2.75) is 32.1 Å². The number of hydrogen-bond acceptors (Lipinski definition) is 3. The van der Waals surface area contributed by atoms with E-state index in [9.17, 15) is 4.79 Å². The van der Waals surface area contributed by atoms with Crippen LogP contribution >= 0.6 is 15.9 Å². The summed E-state index contributed by atoms with van der Waals surface area (Å²) in [6.07, 6.45) is 4.32. The van der Waals surface area contributed by atoms with Crippen molar-refractivity contribution in [2.75, 3.05) is 6.61 Å². The SMILES string of the molecule is C[Si](C)(C)CCOC(=O)c1ccc(Cc2c[nH]c3cccc(Br)c23)nc1. The molecule has 0 spiro atoms. The summed E-state index contributed by atoms with van der Waals surface area (Å²) >= 11 is 3.61. The Bertz CT molecular complexity index is 914. The van der Waals surface area contributed by atoms with Gasteiger partial charge in [-0.15, -0.1) is 0 Å². The van der Waals surface area contributed by atoms with Gasteiger partial charge < -0.3 is 9.72 Å². The molecule has 3 aromatic rings. The molecule has 0 saturated carbocycles. The highest BCUT2D eigenvalue weighted by Crippen LogP contribution is 2.28. The number of esters is 1. The zero-order valence-electron chi connectivity index (χ0n) is 15.3. The van der Waals surface area contributed by atoms with E-state index in [-0.39, 0.29) is 5.97 Å². The molecule has 136 valence electrons. The lowest BCUT2D eigenvalue weighted by Gasteiger charge is -2.15. The van der Waals surface area contributed by atoms with Crippen LogP contribution in [0.5, 0.6) is 0 Å². The topological polar surface area (TPSA) is 55.0 Å². The minimum absolute atomic E-state index is 0.294. The van der Waals surface area contributed by atoms with Crippen molar-refractivity contribution in [1.82, 2.24) is 9.97 Å². The molecular formula is C20H23BrN2O2Si. The van der Waals surface area contributed by atoms with E-state index in [0.717, 1.165) is 21.7 Å². The summed E-state index contributed by atoms with van der Waals surface area (Å²) in [6.45, 7) is 7.28. The number of carbonyl (C=O) groups is 1. The maximum absolute atomic E-state index is 12.1. The molecule has 0 unspecified atom stereocenters. The van der Waals surface area contributed by atoms with Crippen LogP contribution in [0.25, 0.3) is 10.9 Å². The van der Waals surface area contributed by atoms with Gasteiger partial charge in [0.25, 0.3) is 0 Å². The first kappa shape index (κ1) is 18.9. The standard InChI is InChI=1S/C20H23BrN2O2Si/c1-26(2,3)10-9-25-20(24)14-7-8-16(22-12-14)11-15-13-23-18-6-4-5-17(21)19(15)18/h4-8,12-13,23H,9-11H2,1-3H3. The smallest absolute Gasteiger partial charge is 0.339 e. The number of halogens is 1. The van der Waals surface area contributed by atoms with Crippen molar-refractivity contribution >= 4 is 40.9 Å². The van der Waals surface area contributed by atoms with Crippen LogP contribution in [0.3, 0.4) is 0 Å². The molecule has 0 saturated heterocycles. The predicted octanol–water partition coefficient (Wildman–Crippen LogP) is 5.41. The number of pyridine rings is 1. The molecule has 4 nitrogen and oxygen atoms in total.